The second-order valence-corrected chi connectivity index (χ2v) is 6.62. The van der Waals surface area contributed by atoms with Crippen LogP contribution in [0.1, 0.15) is 30.9 Å². The number of phenols is 1. The lowest BCUT2D eigenvalue weighted by Crippen LogP contribution is -2.46. The zero-order valence-electron chi connectivity index (χ0n) is 14.6. The smallest absolute Gasteiger partial charge is 0.416 e. The molecule has 1 aliphatic heterocycles. The minimum atomic E-state index is -4.51. The Bertz CT molecular complexity index is 754. The van der Waals surface area contributed by atoms with Gasteiger partial charge < -0.3 is 15.7 Å². The maximum absolute atomic E-state index is 12.8. The fraction of sp³-hybridized carbons (Fsp3) is 0.444. The molecule has 0 radical (unpaired) electrons. The second kappa shape index (κ2) is 7.11. The van der Waals surface area contributed by atoms with E-state index < -0.39 is 17.5 Å². The number of anilines is 1. The van der Waals surface area contributed by atoms with Gasteiger partial charge >= 0.3 is 6.18 Å². The standard InChI is InChI=1S/C18H21F3N4O/c1-10-8-12(18(19,20)21)9-15(26)17(10)14-5-6-16(25-24-14)23-13-4-3-7-22-11(13)2/h5-6,8-9,11,13,22,26H,3-4,7H2,1-2H3,(H,23,25)/t11-,13+/m0/s1. The molecule has 2 aromatic rings. The zero-order chi connectivity index (χ0) is 18.9. The van der Waals surface area contributed by atoms with Crippen molar-refractivity contribution in [3.8, 4) is 17.0 Å². The third-order valence-electron chi connectivity index (χ3n) is 4.66. The van der Waals surface area contributed by atoms with E-state index in [9.17, 15) is 18.3 Å². The van der Waals surface area contributed by atoms with Crippen molar-refractivity contribution in [2.45, 2.75) is 44.9 Å². The van der Waals surface area contributed by atoms with E-state index in [1.54, 1.807) is 12.1 Å². The fourth-order valence-corrected chi connectivity index (χ4v) is 3.24. The molecule has 0 bridgehead atoms. The van der Waals surface area contributed by atoms with Crippen LogP contribution in [-0.4, -0.2) is 33.9 Å². The molecule has 8 heteroatoms. The van der Waals surface area contributed by atoms with Crippen LogP contribution in [0.5, 0.6) is 5.75 Å². The molecule has 140 valence electrons. The normalized spacial score (nSPS) is 20.8. The van der Waals surface area contributed by atoms with Crippen LogP contribution < -0.4 is 10.6 Å². The topological polar surface area (TPSA) is 70.1 Å². The molecule has 5 nitrogen and oxygen atoms in total. The maximum Gasteiger partial charge on any atom is 0.416 e. The first-order chi connectivity index (χ1) is 12.3. The number of aromatic hydroxyl groups is 1. The average molecular weight is 366 g/mol. The molecule has 1 aromatic heterocycles. The summed E-state index contributed by atoms with van der Waals surface area (Å²) in [5.74, 6) is 0.135. The number of nitrogens with zero attached hydrogens (tertiary/aromatic N) is 2. The molecule has 0 unspecified atom stereocenters. The molecule has 0 amide bonds. The number of aromatic nitrogens is 2. The van der Waals surface area contributed by atoms with Crippen molar-refractivity contribution in [3.63, 3.8) is 0 Å². The first kappa shape index (κ1) is 18.4. The molecule has 0 aliphatic carbocycles. The molecule has 26 heavy (non-hydrogen) atoms. The van der Waals surface area contributed by atoms with Gasteiger partial charge in [0.15, 0.2) is 0 Å². The molecule has 0 saturated carbocycles. The van der Waals surface area contributed by atoms with Crippen LogP contribution in [0, 0.1) is 6.92 Å². The Morgan fingerprint density at radius 2 is 2.00 bits per heavy atom. The predicted octanol–water partition coefficient (Wildman–Crippen LogP) is 3.73. The highest BCUT2D eigenvalue weighted by Crippen LogP contribution is 2.38. The first-order valence-corrected chi connectivity index (χ1v) is 8.50. The molecule has 1 aromatic carbocycles. The molecule has 3 rings (SSSR count). The molecule has 2 atom stereocenters. The van der Waals surface area contributed by atoms with Crippen LogP contribution in [0.15, 0.2) is 24.3 Å². The summed E-state index contributed by atoms with van der Waals surface area (Å²) in [6.07, 6.45) is -2.41. The van der Waals surface area contributed by atoms with E-state index in [4.69, 9.17) is 0 Å². The van der Waals surface area contributed by atoms with Crippen LogP contribution in [-0.2, 0) is 6.18 Å². The van der Waals surface area contributed by atoms with E-state index in [2.05, 4.69) is 27.8 Å². The highest BCUT2D eigenvalue weighted by Gasteiger charge is 2.32. The number of alkyl halides is 3. The number of hydrogen-bond acceptors (Lipinski definition) is 5. The second-order valence-electron chi connectivity index (χ2n) is 6.62. The summed E-state index contributed by atoms with van der Waals surface area (Å²) >= 11 is 0. The van der Waals surface area contributed by atoms with Gasteiger partial charge in [-0.15, -0.1) is 10.2 Å². The summed E-state index contributed by atoms with van der Waals surface area (Å²) in [6.45, 7) is 4.60. The Labute approximate surface area is 149 Å². The third-order valence-corrected chi connectivity index (χ3v) is 4.66. The quantitative estimate of drug-likeness (QED) is 0.772. The van der Waals surface area contributed by atoms with Crippen LogP contribution in [0.25, 0.3) is 11.3 Å². The van der Waals surface area contributed by atoms with Crippen molar-refractivity contribution in [2.75, 3.05) is 11.9 Å². The Hall–Kier alpha value is -2.35. The van der Waals surface area contributed by atoms with Gasteiger partial charge in [0.2, 0.25) is 0 Å². The van der Waals surface area contributed by atoms with Crippen molar-refractivity contribution in [3.05, 3.63) is 35.4 Å². The Balaban J connectivity index is 1.82. The monoisotopic (exact) mass is 366 g/mol. The minimum absolute atomic E-state index is 0.241. The fourth-order valence-electron chi connectivity index (χ4n) is 3.24. The van der Waals surface area contributed by atoms with Gasteiger partial charge in [0.05, 0.1) is 11.3 Å². The SMILES string of the molecule is Cc1cc(C(F)(F)F)cc(O)c1-c1ccc(N[C@@H]2CCCN[C@H]2C)nn1. The number of phenolic OH excluding ortho intramolecular Hbond substituents is 1. The van der Waals surface area contributed by atoms with Gasteiger partial charge in [0, 0.05) is 17.6 Å². The largest absolute Gasteiger partial charge is 0.507 e. The lowest BCUT2D eigenvalue weighted by atomic mass is 9.99. The molecule has 3 N–H and O–H groups in total. The number of benzene rings is 1. The third kappa shape index (κ3) is 3.90. The van der Waals surface area contributed by atoms with E-state index >= 15 is 0 Å². The van der Waals surface area contributed by atoms with E-state index in [0.29, 0.717) is 23.6 Å². The summed E-state index contributed by atoms with van der Waals surface area (Å²) in [6, 6.07) is 5.63. The van der Waals surface area contributed by atoms with Crippen molar-refractivity contribution >= 4 is 5.82 Å². The summed E-state index contributed by atoms with van der Waals surface area (Å²) in [5.41, 5.74) is -0.0161. The number of aryl methyl sites for hydroxylation is 1. The van der Waals surface area contributed by atoms with Crippen molar-refractivity contribution in [1.29, 1.82) is 0 Å². The molecule has 2 heterocycles. The van der Waals surface area contributed by atoms with E-state index in [0.717, 1.165) is 25.5 Å². The average Bonchev–Trinajstić information content (AvgIpc) is 2.57. The summed E-state index contributed by atoms with van der Waals surface area (Å²) in [7, 11) is 0. The van der Waals surface area contributed by atoms with Gasteiger partial charge in [-0.1, -0.05) is 0 Å². The molecule has 1 saturated heterocycles. The van der Waals surface area contributed by atoms with Crippen LogP contribution in [0.4, 0.5) is 19.0 Å². The van der Waals surface area contributed by atoms with Crippen molar-refractivity contribution in [2.24, 2.45) is 0 Å². The lowest BCUT2D eigenvalue weighted by Gasteiger charge is -2.30. The number of halogens is 3. The highest BCUT2D eigenvalue weighted by molar-refractivity contribution is 5.71. The van der Waals surface area contributed by atoms with Crippen LogP contribution >= 0.6 is 0 Å². The molecular formula is C18H21F3N4O. The van der Waals surface area contributed by atoms with Gasteiger partial charge in [0.25, 0.3) is 0 Å². The lowest BCUT2D eigenvalue weighted by molar-refractivity contribution is -0.137. The van der Waals surface area contributed by atoms with Crippen molar-refractivity contribution in [1.82, 2.24) is 15.5 Å². The molecule has 1 aliphatic rings. The first-order valence-electron chi connectivity index (χ1n) is 8.50. The van der Waals surface area contributed by atoms with E-state index in [1.807, 2.05) is 0 Å². The van der Waals surface area contributed by atoms with Crippen LogP contribution in [0.2, 0.25) is 0 Å². The number of piperidine rings is 1. The van der Waals surface area contributed by atoms with Gasteiger partial charge in [-0.2, -0.15) is 13.2 Å². The van der Waals surface area contributed by atoms with Crippen LogP contribution in [0.3, 0.4) is 0 Å². The van der Waals surface area contributed by atoms with Gasteiger partial charge in [-0.25, -0.2) is 0 Å². The van der Waals surface area contributed by atoms with Crippen molar-refractivity contribution < 1.29 is 18.3 Å². The predicted molar refractivity (Wildman–Crippen MR) is 93.0 cm³/mol. The molecular weight excluding hydrogens is 345 g/mol. The van der Waals surface area contributed by atoms with Gasteiger partial charge in [0.1, 0.15) is 11.6 Å². The summed E-state index contributed by atoms with van der Waals surface area (Å²) < 4.78 is 38.5. The minimum Gasteiger partial charge on any atom is -0.507 e. The highest BCUT2D eigenvalue weighted by atomic mass is 19.4. The number of hydrogen-bond donors (Lipinski definition) is 3. The Kier molecular flexibility index (Phi) is 5.04. The Morgan fingerprint density at radius 3 is 2.58 bits per heavy atom. The molecule has 1 fully saturated rings. The van der Waals surface area contributed by atoms with Gasteiger partial charge in [-0.3, -0.25) is 0 Å². The number of rotatable bonds is 3. The van der Waals surface area contributed by atoms with E-state index in [1.165, 1.54) is 6.92 Å². The molecule has 0 spiro atoms. The van der Waals surface area contributed by atoms with Gasteiger partial charge in [-0.05, 0) is 63.1 Å². The summed E-state index contributed by atoms with van der Waals surface area (Å²) in [4.78, 5) is 0. The summed E-state index contributed by atoms with van der Waals surface area (Å²) in [5, 5.41) is 25.0. The van der Waals surface area contributed by atoms with E-state index in [-0.39, 0.29) is 17.2 Å². The number of nitrogens with one attached hydrogen (secondary N) is 2. The maximum atomic E-state index is 12.8. The Morgan fingerprint density at radius 1 is 1.23 bits per heavy atom. The zero-order valence-corrected chi connectivity index (χ0v) is 14.6.